The SMILES string of the molecule is CC(C)c1ccc(OCC(=O)N2CCC3(CCNC3)CC2)cc1. The molecule has 0 aromatic heterocycles. The first kappa shape index (κ1) is 16.3. The lowest BCUT2D eigenvalue weighted by Crippen LogP contribution is -2.45. The zero-order chi connectivity index (χ0) is 16.3. The first-order valence-corrected chi connectivity index (χ1v) is 8.79. The Morgan fingerprint density at radius 2 is 1.91 bits per heavy atom. The van der Waals surface area contributed by atoms with Crippen LogP contribution in [0.1, 0.15) is 44.6 Å². The monoisotopic (exact) mass is 316 g/mol. The second-order valence-electron chi connectivity index (χ2n) is 7.32. The molecule has 0 bridgehead atoms. The van der Waals surface area contributed by atoms with Crippen LogP contribution in [-0.4, -0.2) is 43.6 Å². The Labute approximate surface area is 139 Å². The number of likely N-dealkylation sites (tertiary alicyclic amines) is 1. The maximum atomic E-state index is 12.3. The molecule has 0 atom stereocenters. The van der Waals surface area contributed by atoms with Gasteiger partial charge in [0.2, 0.25) is 0 Å². The number of hydrogen-bond donors (Lipinski definition) is 1. The Morgan fingerprint density at radius 1 is 1.22 bits per heavy atom. The van der Waals surface area contributed by atoms with Crippen LogP contribution in [0.25, 0.3) is 0 Å². The molecule has 0 saturated carbocycles. The highest BCUT2D eigenvalue weighted by molar-refractivity contribution is 5.77. The van der Waals surface area contributed by atoms with Gasteiger partial charge in [0, 0.05) is 19.6 Å². The number of carbonyl (C=O) groups excluding carboxylic acids is 1. The molecule has 2 aliphatic rings. The van der Waals surface area contributed by atoms with Gasteiger partial charge in [-0.2, -0.15) is 0 Å². The van der Waals surface area contributed by atoms with Crippen LogP contribution in [0.3, 0.4) is 0 Å². The van der Waals surface area contributed by atoms with Gasteiger partial charge in [0.05, 0.1) is 0 Å². The summed E-state index contributed by atoms with van der Waals surface area (Å²) in [6.45, 7) is 8.47. The molecule has 4 heteroatoms. The van der Waals surface area contributed by atoms with Crippen LogP contribution in [0.2, 0.25) is 0 Å². The number of nitrogens with zero attached hydrogens (tertiary/aromatic N) is 1. The largest absolute Gasteiger partial charge is 0.484 e. The second kappa shape index (κ2) is 6.91. The molecule has 2 fully saturated rings. The molecule has 2 heterocycles. The lowest BCUT2D eigenvalue weighted by atomic mass is 9.78. The van der Waals surface area contributed by atoms with Crippen LogP contribution in [0.15, 0.2) is 24.3 Å². The maximum Gasteiger partial charge on any atom is 0.260 e. The standard InChI is InChI=1S/C19H28N2O2/c1-15(2)16-3-5-17(6-4-16)23-13-18(22)21-11-8-19(9-12-21)7-10-20-14-19/h3-6,15,20H,7-14H2,1-2H3. The van der Waals surface area contributed by atoms with E-state index in [-0.39, 0.29) is 12.5 Å². The second-order valence-corrected chi connectivity index (χ2v) is 7.32. The van der Waals surface area contributed by atoms with E-state index in [9.17, 15) is 4.79 Å². The van der Waals surface area contributed by atoms with Gasteiger partial charge in [-0.25, -0.2) is 0 Å². The number of amides is 1. The molecule has 1 aromatic rings. The highest BCUT2D eigenvalue weighted by Gasteiger charge is 2.37. The molecule has 0 aliphatic carbocycles. The minimum Gasteiger partial charge on any atom is -0.484 e. The Morgan fingerprint density at radius 3 is 2.48 bits per heavy atom. The zero-order valence-electron chi connectivity index (χ0n) is 14.3. The molecule has 1 N–H and O–H groups in total. The first-order valence-electron chi connectivity index (χ1n) is 8.79. The Bertz CT molecular complexity index is 523. The van der Waals surface area contributed by atoms with Gasteiger partial charge in [-0.15, -0.1) is 0 Å². The first-order chi connectivity index (χ1) is 11.1. The van der Waals surface area contributed by atoms with Crippen LogP contribution in [0.4, 0.5) is 0 Å². The highest BCUT2D eigenvalue weighted by atomic mass is 16.5. The predicted molar refractivity (Wildman–Crippen MR) is 91.8 cm³/mol. The van der Waals surface area contributed by atoms with Crippen molar-refractivity contribution in [3.63, 3.8) is 0 Å². The van der Waals surface area contributed by atoms with E-state index in [1.165, 1.54) is 12.0 Å². The molecular weight excluding hydrogens is 288 g/mol. The van der Waals surface area contributed by atoms with Crippen molar-refractivity contribution in [3.05, 3.63) is 29.8 Å². The van der Waals surface area contributed by atoms with Gasteiger partial charge < -0.3 is 15.0 Å². The molecule has 2 saturated heterocycles. The van der Waals surface area contributed by atoms with Crippen LogP contribution >= 0.6 is 0 Å². The van der Waals surface area contributed by atoms with Gasteiger partial charge >= 0.3 is 0 Å². The molecule has 0 radical (unpaired) electrons. The summed E-state index contributed by atoms with van der Waals surface area (Å²) in [6.07, 6.45) is 3.50. The Kier molecular flexibility index (Phi) is 4.90. The van der Waals surface area contributed by atoms with E-state index in [2.05, 4.69) is 31.3 Å². The van der Waals surface area contributed by atoms with Gasteiger partial charge in [0.25, 0.3) is 5.91 Å². The molecule has 126 valence electrons. The lowest BCUT2D eigenvalue weighted by molar-refractivity contribution is -0.135. The van der Waals surface area contributed by atoms with Gasteiger partial charge in [-0.3, -0.25) is 4.79 Å². The molecular formula is C19H28N2O2. The molecule has 4 nitrogen and oxygen atoms in total. The van der Waals surface area contributed by atoms with Crippen LogP contribution < -0.4 is 10.1 Å². The summed E-state index contributed by atoms with van der Waals surface area (Å²) in [6, 6.07) is 8.06. The van der Waals surface area contributed by atoms with E-state index in [0.717, 1.165) is 44.8 Å². The summed E-state index contributed by atoms with van der Waals surface area (Å²) >= 11 is 0. The van der Waals surface area contributed by atoms with Gasteiger partial charge in [-0.1, -0.05) is 26.0 Å². The Balaban J connectivity index is 1.46. The van der Waals surface area contributed by atoms with Crippen LogP contribution in [0.5, 0.6) is 5.75 Å². The van der Waals surface area contributed by atoms with Gasteiger partial charge in [0.15, 0.2) is 6.61 Å². The van der Waals surface area contributed by atoms with E-state index in [1.54, 1.807) is 0 Å². The van der Waals surface area contributed by atoms with Crippen molar-refractivity contribution in [2.75, 3.05) is 32.8 Å². The average molecular weight is 316 g/mol. The van der Waals surface area contributed by atoms with Crippen molar-refractivity contribution in [1.29, 1.82) is 0 Å². The van der Waals surface area contributed by atoms with Crippen molar-refractivity contribution >= 4 is 5.91 Å². The molecule has 1 spiro atoms. The van der Waals surface area contributed by atoms with Crippen molar-refractivity contribution in [2.24, 2.45) is 5.41 Å². The third-order valence-electron chi connectivity index (χ3n) is 5.42. The van der Waals surface area contributed by atoms with Crippen molar-refractivity contribution in [3.8, 4) is 5.75 Å². The van der Waals surface area contributed by atoms with E-state index in [4.69, 9.17) is 4.74 Å². The lowest BCUT2D eigenvalue weighted by Gasteiger charge is -2.38. The maximum absolute atomic E-state index is 12.3. The normalized spacial score (nSPS) is 20.2. The molecule has 3 rings (SSSR count). The fourth-order valence-electron chi connectivity index (χ4n) is 3.64. The summed E-state index contributed by atoms with van der Waals surface area (Å²) in [4.78, 5) is 14.3. The smallest absolute Gasteiger partial charge is 0.260 e. The zero-order valence-corrected chi connectivity index (χ0v) is 14.3. The highest BCUT2D eigenvalue weighted by Crippen LogP contribution is 2.36. The van der Waals surface area contributed by atoms with Crippen LogP contribution in [0, 0.1) is 5.41 Å². The number of rotatable bonds is 4. The number of ether oxygens (including phenoxy) is 1. The number of hydrogen-bond acceptors (Lipinski definition) is 3. The van der Waals surface area contributed by atoms with Crippen LogP contribution in [-0.2, 0) is 4.79 Å². The predicted octanol–water partition coefficient (Wildman–Crippen LogP) is 2.79. The molecule has 2 aliphatic heterocycles. The van der Waals surface area contributed by atoms with E-state index in [0.29, 0.717) is 11.3 Å². The fraction of sp³-hybridized carbons (Fsp3) is 0.632. The number of benzene rings is 1. The van der Waals surface area contributed by atoms with Crippen molar-refractivity contribution < 1.29 is 9.53 Å². The van der Waals surface area contributed by atoms with Crippen molar-refractivity contribution in [1.82, 2.24) is 10.2 Å². The van der Waals surface area contributed by atoms with E-state index in [1.807, 2.05) is 17.0 Å². The summed E-state index contributed by atoms with van der Waals surface area (Å²) in [5, 5.41) is 3.46. The summed E-state index contributed by atoms with van der Waals surface area (Å²) in [7, 11) is 0. The van der Waals surface area contributed by atoms with Gasteiger partial charge in [-0.05, 0) is 54.8 Å². The minimum atomic E-state index is 0.110. The number of nitrogens with one attached hydrogen (secondary N) is 1. The van der Waals surface area contributed by atoms with E-state index < -0.39 is 0 Å². The molecule has 1 aromatic carbocycles. The Hall–Kier alpha value is -1.55. The van der Waals surface area contributed by atoms with Gasteiger partial charge in [0.1, 0.15) is 5.75 Å². The fourth-order valence-corrected chi connectivity index (χ4v) is 3.64. The number of carbonyl (C=O) groups is 1. The quantitative estimate of drug-likeness (QED) is 0.929. The average Bonchev–Trinajstić information content (AvgIpc) is 3.02. The topological polar surface area (TPSA) is 41.6 Å². The third kappa shape index (κ3) is 3.86. The van der Waals surface area contributed by atoms with E-state index >= 15 is 0 Å². The molecule has 23 heavy (non-hydrogen) atoms. The minimum absolute atomic E-state index is 0.110. The summed E-state index contributed by atoms with van der Waals surface area (Å²) in [5.74, 6) is 1.39. The molecule has 0 unspecified atom stereocenters. The summed E-state index contributed by atoms with van der Waals surface area (Å²) in [5.41, 5.74) is 1.74. The third-order valence-corrected chi connectivity index (χ3v) is 5.42. The van der Waals surface area contributed by atoms with Crippen molar-refractivity contribution in [2.45, 2.75) is 39.0 Å². The number of piperidine rings is 1. The molecule has 1 amide bonds. The summed E-state index contributed by atoms with van der Waals surface area (Å²) < 4.78 is 5.67.